The zero-order valence-corrected chi connectivity index (χ0v) is 15.7. The van der Waals surface area contributed by atoms with Gasteiger partial charge in [-0.1, -0.05) is 11.6 Å². The minimum absolute atomic E-state index is 0.00119. The third-order valence-electron chi connectivity index (χ3n) is 4.19. The Morgan fingerprint density at radius 2 is 1.76 bits per heavy atom. The highest BCUT2D eigenvalue weighted by molar-refractivity contribution is 6.31. The number of carbonyl (C=O) groups excluding carboxylic acids is 1. The first-order chi connectivity index (χ1) is 13.9. The highest BCUT2D eigenvalue weighted by atomic mass is 35.5. The van der Waals surface area contributed by atoms with E-state index in [9.17, 15) is 14.9 Å². The third kappa shape index (κ3) is 3.65. The van der Waals surface area contributed by atoms with Gasteiger partial charge in [0.15, 0.2) is 17.2 Å². The highest BCUT2D eigenvalue weighted by Gasteiger charge is 2.29. The van der Waals surface area contributed by atoms with Gasteiger partial charge >= 0.3 is 0 Å². The highest BCUT2D eigenvalue weighted by Crippen LogP contribution is 2.43. The van der Waals surface area contributed by atoms with Crippen LogP contribution in [-0.2, 0) is 0 Å². The van der Waals surface area contributed by atoms with Crippen molar-refractivity contribution < 1.29 is 23.9 Å². The fraction of sp³-hybridized carbons (Fsp3) is 0.0500. The van der Waals surface area contributed by atoms with E-state index in [1.54, 1.807) is 36.4 Å². The van der Waals surface area contributed by atoms with Crippen molar-refractivity contribution in [3.63, 3.8) is 0 Å². The summed E-state index contributed by atoms with van der Waals surface area (Å²) in [6, 6.07) is 13.6. The Morgan fingerprint density at radius 3 is 2.45 bits per heavy atom. The van der Waals surface area contributed by atoms with Gasteiger partial charge in [0.1, 0.15) is 17.1 Å². The predicted molar refractivity (Wildman–Crippen MR) is 106 cm³/mol. The number of nitrogens with one attached hydrogen (secondary N) is 1. The van der Waals surface area contributed by atoms with Crippen molar-refractivity contribution in [1.29, 1.82) is 0 Å². The van der Waals surface area contributed by atoms with Crippen LogP contribution in [0.4, 0.5) is 11.4 Å². The standard InChI is InChI=1S/C20H13ClN2O6/c1-27-13-3-5-14(6-4-13)28-17-9-12(23(25)26)10-18-19(17)20(24)22-15-8-11(21)2-7-16(15)29-18/h2-10H,1H3,(H,22,24). The molecule has 3 aromatic rings. The maximum absolute atomic E-state index is 12.9. The molecular weight excluding hydrogens is 400 g/mol. The first-order valence-electron chi connectivity index (χ1n) is 8.37. The number of benzene rings is 3. The number of hydrogen-bond donors (Lipinski definition) is 1. The van der Waals surface area contributed by atoms with Gasteiger partial charge in [0, 0.05) is 5.02 Å². The molecule has 1 aliphatic rings. The first kappa shape index (κ1) is 18.6. The molecule has 0 bridgehead atoms. The molecule has 0 aliphatic carbocycles. The molecule has 1 aliphatic heterocycles. The van der Waals surface area contributed by atoms with E-state index in [4.69, 9.17) is 25.8 Å². The molecule has 0 aromatic heterocycles. The molecule has 9 heteroatoms. The van der Waals surface area contributed by atoms with Gasteiger partial charge in [0.05, 0.1) is 29.9 Å². The number of halogens is 1. The fourth-order valence-electron chi connectivity index (χ4n) is 2.83. The number of methoxy groups -OCH3 is 1. The second-order valence-corrected chi connectivity index (χ2v) is 6.48. The number of ether oxygens (including phenoxy) is 3. The van der Waals surface area contributed by atoms with Crippen molar-refractivity contribution in [3.8, 4) is 28.7 Å². The second kappa shape index (κ2) is 7.33. The number of non-ortho nitro benzene ring substituents is 1. The van der Waals surface area contributed by atoms with Crippen molar-refractivity contribution in [2.45, 2.75) is 0 Å². The maximum atomic E-state index is 12.9. The topological polar surface area (TPSA) is 99.9 Å². The van der Waals surface area contributed by atoms with Crippen molar-refractivity contribution in [3.05, 3.63) is 75.3 Å². The molecule has 1 heterocycles. The minimum Gasteiger partial charge on any atom is -0.497 e. The summed E-state index contributed by atoms with van der Waals surface area (Å²) in [6.45, 7) is 0. The summed E-state index contributed by atoms with van der Waals surface area (Å²) in [5, 5.41) is 14.5. The summed E-state index contributed by atoms with van der Waals surface area (Å²) in [5.74, 6) is 0.726. The summed E-state index contributed by atoms with van der Waals surface area (Å²) in [7, 11) is 1.53. The van der Waals surface area contributed by atoms with Crippen LogP contribution in [0.2, 0.25) is 5.02 Å². The van der Waals surface area contributed by atoms with Crippen LogP contribution in [0, 0.1) is 10.1 Å². The molecule has 0 spiro atoms. The Morgan fingerprint density at radius 1 is 1.03 bits per heavy atom. The molecule has 0 saturated carbocycles. The number of carbonyl (C=O) groups is 1. The third-order valence-corrected chi connectivity index (χ3v) is 4.42. The lowest BCUT2D eigenvalue weighted by atomic mass is 10.1. The molecule has 1 N–H and O–H groups in total. The van der Waals surface area contributed by atoms with Gasteiger partial charge in [0.25, 0.3) is 11.6 Å². The van der Waals surface area contributed by atoms with Crippen LogP contribution in [0.1, 0.15) is 10.4 Å². The molecule has 146 valence electrons. The normalized spacial score (nSPS) is 12.0. The average Bonchev–Trinajstić information content (AvgIpc) is 2.83. The smallest absolute Gasteiger partial charge is 0.276 e. The van der Waals surface area contributed by atoms with Crippen molar-refractivity contribution >= 4 is 28.9 Å². The Labute approximate surface area is 169 Å². The molecule has 8 nitrogen and oxygen atoms in total. The monoisotopic (exact) mass is 412 g/mol. The number of amides is 1. The molecule has 1 amide bonds. The summed E-state index contributed by atoms with van der Waals surface area (Å²) in [6.07, 6.45) is 0. The van der Waals surface area contributed by atoms with E-state index in [0.717, 1.165) is 0 Å². The van der Waals surface area contributed by atoms with Crippen molar-refractivity contribution in [2.24, 2.45) is 0 Å². The molecule has 0 unspecified atom stereocenters. The lowest BCUT2D eigenvalue weighted by Gasteiger charge is -2.13. The van der Waals surface area contributed by atoms with E-state index in [1.807, 2.05) is 0 Å². The van der Waals surface area contributed by atoms with Crippen LogP contribution >= 0.6 is 11.6 Å². The van der Waals surface area contributed by atoms with Crippen LogP contribution in [0.3, 0.4) is 0 Å². The van der Waals surface area contributed by atoms with Crippen LogP contribution < -0.4 is 19.5 Å². The van der Waals surface area contributed by atoms with E-state index in [1.165, 1.54) is 25.3 Å². The van der Waals surface area contributed by atoms with E-state index in [0.29, 0.717) is 28.0 Å². The number of fused-ring (bicyclic) bond motifs is 2. The Hall–Kier alpha value is -3.78. The van der Waals surface area contributed by atoms with E-state index < -0.39 is 10.8 Å². The maximum Gasteiger partial charge on any atom is 0.276 e. The lowest BCUT2D eigenvalue weighted by Crippen LogP contribution is -2.12. The minimum atomic E-state index is -0.587. The number of nitro groups is 1. The fourth-order valence-corrected chi connectivity index (χ4v) is 3.00. The number of hydrogen-bond acceptors (Lipinski definition) is 6. The van der Waals surface area contributed by atoms with Crippen molar-refractivity contribution in [2.75, 3.05) is 12.4 Å². The van der Waals surface area contributed by atoms with Crippen LogP contribution in [-0.4, -0.2) is 17.9 Å². The van der Waals surface area contributed by atoms with Crippen LogP contribution in [0.15, 0.2) is 54.6 Å². The van der Waals surface area contributed by atoms with E-state index in [2.05, 4.69) is 5.32 Å². The van der Waals surface area contributed by atoms with Gasteiger partial charge in [0.2, 0.25) is 0 Å². The molecule has 4 rings (SSSR count). The second-order valence-electron chi connectivity index (χ2n) is 6.05. The number of anilines is 1. The Kier molecular flexibility index (Phi) is 4.69. The molecule has 3 aromatic carbocycles. The van der Waals surface area contributed by atoms with Crippen LogP contribution in [0.25, 0.3) is 0 Å². The molecule has 0 atom stereocenters. The van der Waals surface area contributed by atoms with Gasteiger partial charge in [-0.3, -0.25) is 14.9 Å². The number of rotatable bonds is 4. The predicted octanol–water partition coefficient (Wildman–Crippen LogP) is 5.41. The zero-order chi connectivity index (χ0) is 20.5. The summed E-state index contributed by atoms with van der Waals surface area (Å²) in [5.41, 5.74) is 0.0907. The van der Waals surface area contributed by atoms with Gasteiger partial charge < -0.3 is 19.5 Å². The molecule has 29 heavy (non-hydrogen) atoms. The molecular formula is C20H13ClN2O6. The number of nitrogens with zero attached hydrogens (tertiary/aromatic N) is 1. The molecule has 0 saturated heterocycles. The zero-order valence-electron chi connectivity index (χ0n) is 15.0. The Bertz CT molecular complexity index is 1130. The molecule has 0 fully saturated rings. The Balaban J connectivity index is 1.82. The van der Waals surface area contributed by atoms with Gasteiger partial charge in [-0.25, -0.2) is 0 Å². The van der Waals surface area contributed by atoms with Gasteiger partial charge in [-0.2, -0.15) is 0 Å². The summed E-state index contributed by atoms with van der Waals surface area (Å²) in [4.78, 5) is 23.7. The lowest BCUT2D eigenvalue weighted by molar-refractivity contribution is -0.385. The van der Waals surface area contributed by atoms with Crippen molar-refractivity contribution in [1.82, 2.24) is 0 Å². The quantitative estimate of drug-likeness (QED) is 0.454. The largest absolute Gasteiger partial charge is 0.497 e. The van der Waals surface area contributed by atoms with E-state index >= 15 is 0 Å². The number of nitro benzene ring substituents is 1. The molecule has 0 radical (unpaired) electrons. The summed E-state index contributed by atoms with van der Waals surface area (Å²) >= 11 is 5.99. The average molecular weight is 413 g/mol. The van der Waals surface area contributed by atoms with Gasteiger partial charge in [-0.15, -0.1) is 0 Å². The first-order valence-corrected chi connectivity index (χ1v) is 8.75. The summed E-state index contributed by atoms with van der Waals surface area (Å²) < 4.78 is 16.7. The SMILES string of the molecule is COc1ccc(Oc2cc([N+](=O)[O-])cc3c2C(=O)Nc2cc(Cl)ccc2O3)cc1. The van der Waals surface area contributed by atoms with Gasteiger partial charge in [-0.05, 0) is 42.5 Å². The van der Waals surface area contributed by atoms with E-state index in [-0.39, 0.29) is 22.7 Å². The van der Waals surface area contributed by atoms with Crippen LogP contribution in [0.5, 0.6) is 28.7 Å².